The molecule has 0 aliphatic heterocycles. The second kappa shape index (κ2) is 5.74. The maximum atomic E-state index is 13.1. The molecule has 0 aliphatic rings. The van der Waals surface area contributed by atoms with E-state index in [2.05, 4.69) is 20.9 Å². The molecule has 0 spiro atoms. The number of hydrogen-bond donors (Lipinski definition) is 0. The minimum atomic E-state index is -0.868. The molecule has 0 unspecified atom stereocenters. The number of esters is 1. The van der Waals surface area contributed by atoms with Crippen molar-refractivity contribution in [1.29, 1.82) is 0 Å². The van der Waals surface area contributed by atoms with Crippen LogP contribution in [0.4, 0.5) is 10.1 Å². The Kier molecular flexibility index (Phi) is 4.04. The van der Waals surface area contributed by atoms with E-state index in [4.69, 9.17) is 4.74 Å². The second-order valence-electron chi connectivity index (χ2n) is 3.65. The number of rotatable bonds is 3. The number of carbonyl (C=O) groups excluding carboxylic acids is 1. The molecule has 2 rings (SSSR count). The number of pyridine rings is 1. The molecule has 0 atom stereocenters. The quantitative estimate of drug-likeness (QED) is 0.371. The molecule has 2 aromatic rings. The summed E-state index contributed by atoms with van der Waals surface area (Å²) in [6.07, 6.45) is 2.69. The number of aromatic nitrogens is 1. The van der Waals surface area contributed by atoms with Gasteiger partial charge in [0.2, 0.25) is 5.75 Å². The molecule has 1 aromatic carbocycles. The van der Waals surface area contributed by atoms with E-state index in [-0.39, 0.29) is 5.56 Å². The van der Waals surface area contributed by atoms with Crippen LogP contribution in [0.2, 0.25) is 0 Å². The molecule has 0 aliphatic carbocycles. The fourth-order valence-electron chi connectivity index (χ4n) is 1.40. The summed E-state index contributed by atoms with van der Waals surface area (Å²) in [5.41, 5.74) is -0.416. The molecule has 20 heavy (non-hydrogen) atoms. The molecule has 6 nitrogen and oxygen atoms in total. The summed E-state index contributed by atoms with van der Waals surface area (Å²) in [5.74, 6) is -2.07. The Hall–Kier alpha value is -2.35. The lowest BCUT2D eigenvalue weighted by atomic mass is 10.2. The average Bonchev–Trinajstić information content (AvgIpc) is 2.38. The standard InChI is InChI=1S/C12H6BrFN2O4/c13-8-3-7(5-15-6-8)12(17)20-11-4-9(14)1-2-10(11)16(18)19/h1-6H. The lowest BCUT2D eigenvalue weighted by molar-refractivity contribution is -0.385. The summed E-state index contributed by atoms with van der Waals surface area (Å²) in [6, 6.07) is 4.05. The van der Waals surface area contributed by atoms with Gasteiger partial charge in [0.25, 0.3) is 0 Å². The Bertz CT molecular complexity index is 693. The number of nitro groups is 1. The van der Waals surface area contributed by atoms with Crippen LogP contribution < -0.4 is 4.74 Å². The van der Waals surface area contributed by atoms with E-state index >= 15 is 0 Å². The van der Waals surface area contributed by atoms with Crippen molar-refractivity contribution in [3.8, 4) is 5.75 Å². The summed E-state index contributed by atoms with van der Waals surface area (Å²) >= 11 is 3.13. The van der Waals surface area contributed by atoms with Gasteiger partial charge >= 0.3 is 11.7 Å². The maximum absolute atomic E-state index is 13.1. The van der Waals surface area contributed by atoms with E-state index in [9.17, 15) is 19.3 Å². The monoisotopic (exact) mass is 340 g/mol. The molecule has 0 amide bonds. The minimum absolute atomic E-state index is 0.0814. The van der Waals surface area contributed by atoms with Gasteiger partial charge in [-0.05, 0) is 28.1 Å². The van der Waals surface area contributed by atoms with Gasteiger partial charge in [-0.3, -0.25) is 15.1 Å². The fraction of sp³-hybridized carbons (Fsp3) is 0. The third-order valence-corrected chi connectivity index (χ3v) is 2.70. The van der Waals surface area contributed by atoms with Gasteiger partial charge in [-0.15, -0.1) is 0 Å². The number of halogens is 2. The molecular formula is C12H6BrFN2O4. The highest BCUT2D eigenvalue weighted by Crippen LogP contribution is 2.28. The lowest BCUT2D eigenvalue weighted by Gasteiger charge is -2.05. The minimum Gasteiger partial charge on any atom is -0.415 e. The summed E-state index contributed by atoms with van der Waals surface area (Å²) in [6.45, 7) is 0. The number of benzene rings is 1. The Morgan fingerprint density at radius 3 is 2.75 bits per heavy atom. The molecule has 0 radical (unpaired) electrons. The first-order valence-electron chi connectivity index (χ1n) is 5.24. The van der Waals surface area contributed by atoms with Crippen molar-refractivity contribution >= 4 is 27.6 Å². The highest BCUT2D eigenvalue weighted by atomic mass is 79.9. The Morgan fingerprint density at radius 2 is 2.10 bits per heavy atom. The first-order chi connectivity index (χ1) is 9.47. The predicted octanol–water partition coefficient (Wildman–Crippen LogP) is 3.11. The summed E-state index contributed by atoms with van der Waals surface area (Å²) in [5, 5.41) is 10.8. The lowest BCUT2D eigenvalue weighted by Crippen LogP contribution is -2.10. The molecule has 8 heteroatoms. The van der Waals surface area contributed by atoms with Gasteiger partial charge in [-0.25, -0.2) is 9.18 Å². The van der Waals surface area contributed by atoms with E-state index in [0.29, 0.717) is 4.47 Å². The van der Waals surface area contributed by atoms with Crippen molar-refractivity contribution in [3.05, 3.63) is 62.6 Å². The van der Waals surface area contributed by atoms with E-state index in [1.54, 1.807) is 0 Å². The Labute approximate surface area is 120 Å². The van der Waals surface area contributed by atoms with E-state index in [1.807, 2.05) is 0 Å². The van der Waals surface area contributed by atoms with Crippen LogP contribution in [-0.2, 0) is 0 Å². The van der Waals surface area contributed by atoms with Crippen LogP contribution in [0, 0.1) is 15.9 Å². The van der Waals surface area contributed by atoms with Crippen LogP contribution in [0.3, 0.4) is 0 Å². The number of carbonyl (C=O) groups is 1. The first-order valence-corrected chi connectivity index (χ1v) is 6.03. The predicted molar refractivity (Wildman–Crippen MR) is 69.9 cm³/mol. The molecule has 0 N–H and O–H groups in total. The zero-order valence-corrected chi connectivity index (χ0v) is 11.3. The van der Waals surface area contributed by atoms with Gasteiger partial charge in [0, 0.05) is 29.0 Å². The van der Waals surface area contributed by atoms with Crippen LogP contribution in [0.1, 0.15) is 10.4 Å². The van der Waals surface area contributed by atoms with Crippen LogP contribution in [0.5, 0.6) is 5.75 Å². The van der Waals surface area contributed by atoms with Gasteiger partial charge in [-0.1, -0.05) is 0 Å². The Morgan fingerprint density at radius 1 is 1.35 bits per heavy atom. The molecule has 102 valence electrons. The van der Waals surface area contributed by atoms with Crippen molar-refractivity contribution in [1.82, 2.24) is 4.98 Å². The fourth-order valence-corrected chi connectivity index (χ4v) is 1.77. The third kappa shape index (κ3) is 3.15. The largest absolute Gasteiger partial charge is 0.415 e. The van der Waals surface area contributed by atoms with Crippen molar-refractivity contribution in [2.45, 2.75) is 0 Å². The molecular weight excluding hydrogens is 335 g/mol. The summed E-state index contributed by atoms with van der Waals surface area (Å²) in [7, 11) is 0. The topological polar surface area (TPSA) is 82.3 Å². The normalized spacial score (nSPS) is 10.1. The smallest absolute Gasteiger partial charge is 0.345 e. The van der Waals surface area contributed by atoms with Gasteiger partial charge in [0.1, 0.15) is 5.82 Å². The average molecular weight is 341 g/mol. The van der Waals surface area contributed by atoms with Crippen LogP contribution in [-0.4, -0.2) is 15.9 Å². The molecule has 0 saturated heterocycles. The van der Waals surface area contributed by atoms with Crippen LogP contribution in [0.25, 0.3) is 0 Å². The first kappa shape index (κ1) is 14.1. The van der Waals surface area contributed by atoms with Crippen LogP contribution in [0.15, 0.2) is 41.1 Å². The second-order valence-corrected chi connectivity index (χ2v) is 4.57. The van der Waals surface area contributed by atoms with E-state index in [0.717, 1.165) is 18.2 Å². The number of nitrogens with zero attached hydrogens (tertiary/aromatic N) is 2. The molecule has 0 saturated carbocycles. The van der Waals surface area contributed by atoms with Gasteiger partial charge in [0.05, 0.1) is 10.5 Å². The summed E-state index contributed by atoms with van der Waals surface area (Å²) < 4.78 is 18.5. The third-order valence-electron chi connectivity index (χ3n) is 2.26. The van der Waals surface area contributed by atoms with Gasteiger partial charge in [0.15, 0.2) is 0 Å². The van der Waals surface area contributed by atoms with Crippen molar-refractivity contribution in [2.24, 2.45) is 0 Å². The highest BCUT2D eigenvalue weighted by molar-refractivity contribution is 9.10. The van der Waals surface area contributed by atoms with Crippen molar-refractivity contribution < 1.29 is 18.8 Å². The van der Waals surface area contributed by atoms with Crippen LogP contribution >= 0.6 is 15.9 Å². The SMILES string of the molecule is O=C(Oc1cc(F)ccc1[N+](=O)[O-])c1cncc(Br)c1. The van der Waals surface area contributed by atoms with Gasteiger partial charge < -0.3 is 4.74 Å². The maximum Gasteiger partial charge on any atom is 0.345 e. The molecule has 1 heterocycles. The zero-order chi connectivity index (χ0) is 14.7. The van der Waals surface area contributed by atoms with Crippen molar-refractivity contribution in [2.75, 3.05) is 0 Å². The molecule has 0 bridgehead atoms. The highest BCUT2D eigenvalue weighted by Gasteiger charge is 2.20. The number of ether oxygens (including phenoxy) is 1. The number of hydrogen-bond acceptors (Lipinski definition) is 5. The van der Waals surface area contributed by atoms with Gasteiger partial charge in [-0.2, -0.15) is 0 Å². The number of nitro benzene ring substituents is 1. The van der Waals surface area contributed by atoms with E-state index < -0.39 is 28.1 Å². The molecule has 0 fully saturated rings. The molecule has 1 aromatic heterocycles. The van der Waals surface area contributed by atoms with Crippen molar-refractivity contribution in [3.63, 3.8) is 0 Å². The zero-order valence-electron chi connectivity index (χ0n) is 9.75. The van der Waals surface area contributed by atoms with E-state index in [1.165, 1.54) is 18.5 Å². The Balaban J connectivity index is 2.32. The summed E-state index contributed by atoms with van der Waals surface area (Å²) in [4.78, 5) is 25.6.